The topological polar surface area (TPSA) is 77.2 Å². The molecule has 1 amide bonds. The van der Waals surface area contributed by atoms with Crippen LogP contribution in [-0.2, 0) is 17.9 Å². The number of methoxy groups -OCH3 is 1. The van der Waals surface area contributed by atoms with Gasteiger partial charge in [-0.3, -0.25) is 4.79 Å². The van der Waals surface area contributed by atoms with Gasteiger partial charge in [-0.1, -0.05) is 28.1 Å². The smallest absolute Gasteiger partial charge is 0.255 e. The molecule has 0 saturated carbocycles. The number of ether oxygens (including phenoxy) is 1. The first-order valence-corrected chi connectivity index (χ1v) is 7.16. The van der Waals surface area contributed by atoms with E-state index < -0.39 is 0 Å². The fourth-order valence-electron chi connectivity index (χ4n) is 1.82. The van der Waals surface area contributed by atoms with E-state index in [0.29, 0.717) is 24.4 Å². The van der Waals surface area contributed by atoms with E-state index in [4.69, 9.17) is 10.5 Å². The van der Waals surface area contributed by atoms with Crippen LogP contribution in [0, 0.1) is 0 Å². The number of halogens is 1. The number of nitrogens with one attached hydrogen (secondary N) is 1. The molecule has 0 fully saturated rings. The molecule has 5 nitrogen and oxygen atoms in total. The highest BCUT2D eigenvalue weighted by molar-refractivity contribution is 9.10. The third-order valence-electron chi connectivity index (χ3n) is 2.89. The van der Waals surface area contributed by atoms with Crippen LogP contribution in [0.25, 0.3) is 0 Å². The number of nitrogens with two attached hydrogens (primary N) is 1. The first kappa shape index (κ1) is 15.5. The van der Waals surface area contributed by atoms with Gasteiger partial charge in [-0.15, -0.1) is 0 Å². The fourth-order valence-corrected chi connectivity index (χ4v) is 2.08. The monoisotopic (exact) mass is 349 g/mol. The molecule has 110 valence electrons. The zero-order valence-corrected chi connectivity index (χ0v) is 13.2. The summed E-state index contributed by atoms with van der Waals surface area (Å²) in [5.41, 5.74) is 7.88. The normalized spacial score (nSPS) is 10.4. The summed E-state index contributed by atoms with van der Waals surface area (Å²) in [6.45, 7) is 0.802. The van der Waals surface area contributed by atoms with Gasteiger partial charge in [0.2, 0.25) is 0 Å². The lowest BCUT2D eigenvalue weighted by molar-refractivity contribution is 0.0951. The Morgan fingerprint density at radius 2 is 2.00 bits per heavy atom. The van der Waals surface area contributed by atoms with Gasteiger partial charge in [0.25, 0.3) is 5.91 Å². The highest BCUT2D eigenvalue weighted by Crippen LogP contribution is 2.12. The van der Waals surface area contributed by atoms with Crippen molar-refractivity contribution in [3.8, 4) is 0 Å². The highest BCUT2D eigenvalue weighted by Gasteiger charge is 2.11. The number of nitrogens with zero attached hydrogens (tertiary/aromatic N) is 1. The van der Waals surface area contributed by atoms with Crippen LogP contribution in [0.2, 0.25) is 0 Å². The molecule has 6 heteroatoms. The van der Waals surface area contributed by atoms with Crippen LogP contribution in [0.3, 0.4) is 0 Å². The number of carbonyl (C=O) groups is 1. The molecule has 0 aliphatic rings. The standard InChI is InChI=1S/C15H16BrN3O2/c1-21-9-12-6-7-13(14(17)19-12)15(20)18-8-10-2-4-11(16)5-3-10/h2-7H,8-9H2,1H3,(H2,17,19)(H,18,20). The van der Waals surface area contributed by atoms with Gasteiger partial charge in [0.05, 0.1) is 17.9 Å². The van der Waals surface area contributed by atoms with Crippen molar-refractivity contribution in [2.75, 3.05) is 12.8 Å². The quantitative estimate of drug-likeness (QED) is 0.869. The van der Waals surface area contributed by atoms with E-state index in [1.165, 1.54) is 0 Å². The zero-order valence-electron chi connectivity index (χ0n) is 11.6. The van der Waals surface area contributed by atoms with Crippen molar-refractivity contribution in [1.82, 2.24) is 10.3 Å². The number of rotatable bonds is 5. The molecule has 1 aromatic carbocycles. The predicted molar refractivity (Wildman–Crippen MR) is 84.7 cm³/mol. The molecule has 1 aromatic heterocycles. The second kappa shape index (κ2) is 7.19. The molecule has 0 bridgehead atoms. The Labute approximate surface area is 131 Å². The zero-order chi connectivity index (χ0) is 15.2. The van der Waals surface area contributed by atoms with E-state index in [9.17, 15) is 4.79 Å². The third-order valence-corrected chi connectivity index (χ3v) is 3.41. The van der Waals surface area contributed by atoms with Crippen LogP contribution in [-0.4, -0.2) is 18.0 Å². The van der Waals surface area contributed by atoms with Crippen LogP contribution in [0.15, 0.2) is 40.9 Å². The van der Waals surface area contributed by atoms with Crippen molar-refractivity contribution in [2.24, 2.45) is 0 Å². The first-order valence-electron chi connectivity index (χ1n) is 6.37. The number of carbonyl (C=O) groups excluding carboxylic acids is 1. The number of benzene rings is 1. The summed E-state index contributed by atoms with van der Waals surface area (Å²) in [6.07, 6.45) is 0. The van der Waals surface area contributed by atoms with Gasteiger partial charge in [-0.05, 0) is 29.8 Å². The minimum Gasteiger partial charge on any atom is -0.383 e. The lowest BCUT2D eigenvalue weighted by Gasteiger charge is -2.08. The second-order valence-electron chi connectivity index (χ2n) is 4.48. The van der Waals surface area contributed by atoms with E-state index in [0.717, 1.165) is 10.0 Å². The van der Waals surface area contributed by atoms with E-state index in [-0.39, 0.29) is 11.7 Å². The van der Waals surface area contributed by atoms with Crippen LogP contribution in [0.4, 0.5) is 5.82 Å². The lowest BCUT2D eigenvalue weighted by atomic mass is 10.2. The Hall–Kier alpha value is -1.92. The molecular formula is C15H16BrN3O2. The summed E-state index contributed by atoms with van der Waals surface area (Å²) in [4.78, 5) is 16.2. The van der Waals surface area contributed by atoms with E-state index in [2.05, 4.69) is 26.2 Å². The molecule has 0 aliphatic heterocycles. The SMILES string of the molecule is COCc1ccc(C(=O)NCc2ccc(Br)cc2)c(N)n1. The molecule has 0 saturated heterocycles. The van der Waals surface area contributed by atoms with Gasteiger partial charge in [-0.2, -0.15) is 0 Å². The predicted octanol–water partition coefficient (Wildman–Crippen LogP) is 2.50. The third kappa shape index (κ3) is 4.27. The number of anilines is 1. The Morgan fingerprint density at radius 1 is 1.29 bits per heavy atom. The Kier molecular flexibility index (Phi) is 5.30. The minimum atomic E-state index is -0.244. The Bertz CT molecular complexity index is 629. The summed E-state index contributed by atoms with van der Waals surface area (Å²) in [6, 6.07) is 11.1. The maximum Gasteiger partial charge on any atom is 0.255 e. The molecule has 0 unspecified atom stereocenters. The summed E-state index contributed by atoms with van der Waals surface area (Å²) in [5.74, 6) is -0.0373. The van der Waals surface area contributed by atoms with Crippen molar-refractivity contribution < 1.29 is 9.53 Å². The second-order valence-corrected chi connectivity index (χ2v) is 5.39. The van der Waals surface area contributed by atoms with Crippen molar-refractivity contribution in [1.29, 1.82) is 0 Å². The van der Waals surface area contributed by atoms with Crippen molar-refractivity contribution in [3.63, 3.8) is 0 Å². The molecule has 21 heavy (non-hydrogen) atoms. The summed E-state index contributed by atoms with van der Waals surface area (Å²) < 4.78 is 5.98. The number of aromatic nitrogens is 1. The van der Waals surface area contributed by atoms with Gasteiger partial charge in [0.1, 0.15) is 5.82 Å². The highest BCUT2D eigenvalue weighted by atomic mass is 79.9. The molecular weight excluding hydrogens is 334 g/mol. The lowest BCUT2D eigenvalue weighted by Crippen LogP contribution is -2.24. The van der Waals surface area contributed by atoms with E-state index >= 15 is 0 Å². The molecule has 2 aromatic rings. The molecule has 0 radical (unpaired) electrons. The van der Waals surface area contributed by atoms with E-state index in [1.807, 2.05) is 24.3 Å². The fraction of sp³-hybridized carbons (Fsp3) is 0.200. The van der Waals surface area contributed by atoms with Gasteiger partial charge >= 0.3 is 0 Å². The number of amides is 1. The average Bonchev–Trinajstić information content (AvgIpc) is 2.47. The molecule has 0 spiro atoms. The Balaban J connectivity index is 2.01. The first-order chi connectivity index (χ1) is 10.1. The number of nitrogen functional groups attached to an aromatic ring is 1. The van der Waals surface area contributed by atoms with Gasteiger partial charge in [-0.25, -0.2) is 4.98 Å². The van der Waals surface area contributed by atoms with Crippen LogP contribution in [0.5, 0.6) is 0 Å². The Morgan fingerprint density at radius 3 is 2.62 bits per heavy atom. The maximum atomic E-state index is 12.1. The van der Waals surface area contributed by atoms with Gasteiger partial charge < -0.3 is 15.8 Å². The number of pyridine rings is 1. The summed E-state index contributed by atoms with van der Waals surface area (Å²) in [5, 5.41) is 2.82. The van der Waals surface area contributed by atoms with Crippen LogP contribution >= 0.6 is 15.9 Å². The van der Waals surface area contributed by atoms with Crippen molar-refractivity contribution >= 4 is 27.7 Å². The number of hydrogen-bond donors (Lipinski definition) is 2. The van der Waals surface area contributed by atoms with Crippen LogP contribution in [0.1, 0.15) is 21.6 Å². The molecule has 3 N–H and O–H groups in total. The number of hydrogen-bond acceptors (Lipinski definition) is 4. The molecule has 2 rings (SSSR count). The maximum absolute atomic E-state index is 12.1. The minimum absolute atomic E-state index is 0.206. The average molecular weight is 350 g/mol. The van der Waals surface area contributed by atoms with E-state index in [1.54, 1.807) is 19.2 Å². The summed E-state index contributed by atoms with van der Waals surface area (Å²) in [7, 11) is 1.58. The molecule has 0 aliphatic carbocycles. The largest absolute Gasteiger partial charge is 0.383 e. The van der Waals surface area contributed by atoms with Crippen molar-refractivity contribution in [2.45, 2.75) is 13.2 Å². The molecule has 0 atom stereocenters. The molecule has 1 heterocycles. The van der Waals surface area contributed by atoms with Gasteiger partial charge in [0, 0.05) is 18.1 Å². The van der Waals surface area contributed by atoms with Crippen LogP contribution < -0.4 is 11.1 Å². The van der Waals surface area contributed by atoms with Crippen molar-refractivity contribution in [3.05, 3.63) is 57.7 Å². The summed E-state index contributed by atoms with van der Waals surface area (Å²) >= 11 is 3.37. The van der Waals surface area contributed by atoms with Gasteiger partial charge in [0.15, 0.2) is 0 Å².